The minimum atomic E-state index is -0.539. The van der Waals surface area contributed by atoms with Gasteiger partial charge in [0.1, 0.15) is 11.5 Å². The van der Waals surface area contributed by atoms with Crippen LogP contribution < -0.4 is 5.32 Å². The fourth-order valence-electron chi connectivity index (χ4n) is 2.75. The van der Waals surface area contributed by atoms with Gasteiger partial charge >= 0.3 is 0 Å². The zero-order valence-electron chi connectivity index (χ0n) is 12.0. The van der Waals surface area contributed by atoms with Gasteiger partial charge in [-0.25, -0.2) is 4.39 Å². The number of carbonyl (C=O) groups is 2. The molecule has 1 aromatic carbocycles. The second-order valence-electron chi connectivity index (χ2n) is 5.16. The molecule has 114 valence electrons. The van der Waals surface area contributed by atoms with Gasteiger partial charge in [0.15, 0.2) is 5.78 Å². The van der Waals surface area contributed by atoms with Gasteiger partial charge in [-0.2, -0.15) is 0 Å². The van der Waals surface area contributed by atoms with E-state index < -0.39 is 5.82 Å². The van der Waals surface area contributed by atoms with E-state index in [1.165, 1.54) is 18.2 Å². The molecule has 22 heavy (non-hydrogen) atoms. The van der Waals surface area contributed by atoms with E-state index in [9.17, 15) is 14.0 Å². The largest absolute Gasteiger partial charge is 0.343 e. The smallest absolute Gasteiger partial charge is 0.272 e. The number of fused-ring (bicyclic) bond motifs is 1. The normalized spacial score (nSPS) is 13.3. The number of hydrogen-bond donors (Lipinski definition) is 1. The lowest BCUT2D eigenvalue weighted by Crippen LogP contribution is -2.18. The summed E-state index contributed by atoms with van der Waals surface area (Å²) in [4.78, 5) is 24.3. The SMILES string of the molecule is CCn1cc2c(c1C(=O)Nc1ccc(F)c(Cl)c1)CCC2=O. The molecule has 1 aromatic heterocycles. The molecule has 1 heterocycles. The number of Topliss-reactive ketones (excluding diaryl/α,β-unsaturated/α-hetero) is 1. The first-order valence-electron chi connectivity index (χ1n) is 7.03. The van der Waals surface area contributed by atoms with Crippen LogP contribution in [-0.2, 0) is 13.0 Å². The lowest BCUT2D eigenvalue weighted by atomic mass is 10.1. The molecule has 0 bridgehead atoms. The van der Waals surface area contributed by atoms with E-state index in [2.05, 4.69) is 5.32 Å². The molecular formula is C16H14ClFN2O2. The van der Waals surface area contributed by atoms with Crippen LogP contribution in [0.2, 0.25) is 5.02 Å². The van der Waals surface area contributed by atoms with Crippen LogP contribution in [0.15, 0.2) is 24.4 Å². The number of amides is 1. The van der Waals surface area contributed by atoms with Gasteiger partial charge in [-0.05, 0) is 37.1 Å². The Hall–Kier alpha value is -2.14. The van der Waals surface area contributed by atoms with Crippen molar-refractivity contribution in [1.29, 1.82) is 0 Å². The van der Waals surface area contributed by atoms with Gasteiger partial charge < -0.3 is 9.88 Å². The highest BCUT2D eigenvalue weighted by atomic mass is 35.5. The summed E-state index contributed by atoms with van der Waals surface area (Å²) in [6.07, 6.45) is 2.75. The molecule has 4 nitrogen and oxygen atoms in total. The van der Waals surface area contributed by atoms with Crippen LogP contribution in [0.5, 0.6) is 0 Å². The predicted molar refractivity (Wildman–Crippen MR) is 82.1 cm³/mol. The van der Waals surface area contributed by atoms with Gasteiger partial charge in [-0.15, -0.1) is 0 Å². The molecule has 0 saturated heterocycles. The summed E-state index contributed by atoms with van der Waals surface area (Å²) in [6.45, 7) is 2.50. The first-order valence-corrected chi connectivity index (χ1v) is 7.40. The molecule has 1 amide bonds. The zero-order chi connectivity index (χ0) is 15.9. The van der Waals surface area contributed by atoms with Crippen molar-refractivity contribution in [2.24, 2.45) is 0 Å². The second kappa shape index (κ2) is 5.57. The molecule has 0 atom stereocenters. The van der Waals surface area contributed by atoms with Crippen LogP contribution in [0.25, 0.3) is 0 Å². The molecule has 1 N–H and O–H groups in total. The highest BCUT2D eigenvalue weighted by Crippen LogP contribution is 2.28. The summed E-state index contributed by atoms with van der Waals surface area (Å²) in [5, 5.41) is 2.66. The minimum Gasteiger partial charge on any atom is -0.343 e. The van der Waals surface area contributed by atoms with E-state index in [-0.39, 0.29) is 16.7 Å². The van der Waals surface area contributed by atoms with Crippen molar-refractivity contribution in [3.05, 3.63) is 52.1 Å². The zero-order valence-corrected chi connectivity index (χ0v) is 12.7. The number of anilines is 1. The summed E-state index contributed by atoms with van der Waals surface area (Å²) in [5.74, 6) is -0.787. The third kappa shape index (κ3) is 2.41. The average molecular weight is 321 g/mol. The number of carbonyl (C=O) groups excluding carboxylic acids is 2. The lowest BCUT2D eigenvalue weighted by Gasteiger charge is -2.10. The second-order valence-corrected chi connectivity index (χ2v) is 5.57. The number of rotatable bonds is 3. The molecule has 0 spiro atoms. The summed E-state index contributed by atoms with van der Waals surface area (Å²) < 4.78 is 14.9. The van der Waals surface area contributed by atoms with Crippen LogP contribution in [0, 0.1) is 5.82 Å². The Kier molecular flexibility index (Phi) is 3.74. The van der Waals surface area contributed by atoms with E-state index in [4.69, 9.17) is 11.6 Å². The molecule has 0 radical (unpaired) electrons. The maximum atomic E-state index is 13.2. The van der Waals surface area contributed by atoms with Gasteiger partial charge in [-0.1, -0.05) is 11.6 Å². The summed E-state index contributed by atoms with van der Waals surface area (Å²) in [5.41, 5.74) is 2.32. The molecule has 0 aliphatic heterocycles. The van der Waals surface area contributed by atoms with Crippen molar-refractivity contribution in [2.45, 2.75) is 26.3 Å². The Labute approximate surface area is 131 Å². The Balaban J connectivity index is 1.94. The van der Waals surface area contributed by atoms with Gasteiger partial charge in [0.05, 0.1) is 5.02 Å². The maximum Gasteiger partial charge on any atom is 0.272 e. The van der Waals surface area contributed by atoms with Crippen molar-refractivity contribution in [1.82, 2.24) is 4.57 Å². The highest BCUT2D eigenvalue weighted by molar-refractivity contribution is 6.31. The van der Waals surface area contributed by atoms with E-state index in [0.717, 1.165) is 5.56 Å². The van der Waals surface area contributed by atoms with Crippen LogP contribution in [0.3, 0.4) is 0 Å². The van der Waals surface area contributed by atoms with Crippen molar-refractivity contribution in [3.8, 4) is 0 Å². The van der Waals surface area contributed by atoms with Crippen molar-refractivity contribution >= 4 is 29.0 Å². The number of nitrogens with one attached hydrogen (secondary N) is 1. The Morgan fingerprint density at radius 1 is 1.41 bits per heavy atom. The first kappa shape index (κ1) is 14.8. The number of nitrogens with zero attached hydrogens (tertiary/aromatic N) is 1. The van der Waals surface area contributed by atoms with Crippen LogP contribution >= 0.6 is 11.6 Å². The molecule has 1 aliphatic carbocycles. The van der Waals surface area contributed by atoms with Crippen molar-refractivity contribution < 1.29 is 14.0 Å². The van der Waals surface area contributed by atoms with Gasteiger partial charge in [0.2, 0.25) is 0 Å². The van der Waals surface area contributed by atoms with E-state index in [0.29, 0.717) is 36.3 Å². The van der Waals surface area contributed by atoms with E-state index in [1.54, 1.807) is 10.8 Å². The highest BCUT2D eigenvalue weighted by Gasteiger charge is 2.29. The van der Waals surface area contributed by atoms with Crippen LogP contribution in [-0.4, -0.2) is 16.3 Å². The quantitative estimate of drug-likeness (QED) is 0.938. The van der Waals surface area contributed by atoms with Gasteiger partial charge in [0.25, 0.3) is 5.91 Å². The summed E-state index contributed by atoms with van der Waals surface area (Å²) in [6, 6.07) is 4.01. The predicted octanol–water partition coefficient (Wildman–Crippen LogP) is 3.68. The summed E-state index contributed by atoms with van der Waals surface area (Å²) >= 11 is 5.72. The molecule has 2 aromatic rings. The third-order valence-electron chi connectivity index (χ3n) is 3.82. The van der Waals surface area contributed by atoms with Gasteiger partial charge in [0, 0.05) is 30.4 Å². The number of halogens is 2. The lowest BCUT2D eigenvalue weighted by molar-refractivity contribution is 0.0989. The first-order chi connectivity index (χ1) is 10.5. The number of hydrogen-bond acceptors (Lipinski definition) is 2. The third-order valence-corrected chi connectivity index (χ3v) is 4.11. The maximum absolute atomic E-state index is 13.2. The number of aromatic nitrogens is 1. The molecule has 6 heteroatoms. The standard InChI is InChI=1S/C16H14ClFN2O2/c1-2-20-8-11-10(4-6-14(11)21)15(20)16(22)19-9-3-5-13(18)12(17)7-9/h3,5,7-8H,2,4,6H2,1H3,(H,19,22). The monoisotopic (exact) mass is 320 g/mol. The molecular weight excluding hydrogens is 307 g/mol. The minimum absolute atomic E-state index is 0.0518. The Bertz CT molecular complexity index is 783. The fourth-order valence-corrected chi connectivity index (χ4v) is 2.93. The molecule has 0 saturated carbocycles. The number of ketones is 1. The number of aryl methyl sites for hydroxylation is 1. The van der Waals surface area contributed by atoms with Crippen molar-refractivity contribution in [2.75, 3.05) is 5.32 Å². The fraction of sp³-hybridized carbons (Fsp3) is 0.250. The molecule has 1 aliphatic rings. The topological polar surface area (TPSA) is 51.1 Å². The van der Waals surface area contributed by atoms with E-state index in [1.807, 2.05) is 6.92 Å². The van der Waals surface area contributed by atoms with Crippen LogP contribution in [0.4, 0.5) is 10.1 Å². The average Bonchev–Trinajstić information content (AvgIpc) is 3.02. The van der Waals surface area contributed by atoms with Crippen LogP contribution in [0.1, 0.15) is 39.8 Å². The molecule has 3 rings (SSSR count). The summed E-state index contributed by atoms with van der Waals surface area (Å²) in [7, 11) is 0. The Morgan fingerprint density at radius 2 is 2.18 bits per heavy atom. The van der Waals surface area contributed by atoms with E-state index >= 15 is 0 Å². The molecule has 0 fully saturated rings. The van der Waals surface area contributed by atoms with Crippen molar-refractivity contribution in [3.63, 3.8) is 0 Å². The number of benzene rings is 1. The molecule has 0 unspecified atom stereocenters. The Morgan fingerprint density at radius 3 is 2.86 bits per heavy atom. The van der Waals surface area contributed by atoms with Gasteiger partial charge in [-0.3, -0.25) is 9.59 Å².